The molecule has 0 aliphatic rings. The minimum Gasteiger partial charge on any atom is -0.504 e. The number of hydrogen-bond acceptors (Lipinski definition) is 7. The second-order valence-electron chi connectivity index (χ2n) is 2.88. The fraction of sp³-hybridized carbons (Fsp3) is 0.333. The van der Waals surface area contributed by atoms with E-state index in [4.69, 9.17) is 31.5 Å². The number of phenols is 2. The Morgan fingerprint density at radius 3 is 2.00 bits per heavy atom. The quantitative estimate of drug-likeness (QED) is 0.259. The second-order valence-corrected chi connectivity index (χ2v) is 2.88. The molecule has 1 aromatic rings. The van der Waals surface area contributed by atoms with Gasteiger partial charge in [-0.2, -0.15) is 0 Å². The first-order chi connectivity index (χ1) is 7.51. The highest BCUT2D eigenvalue weighted by molar-refractivity contribution is 5.85. The summed E-state index contributed by atoms with van der Waals surface area (Å²) >= 11 is 0. The summed E-state index contributed by atoms with van der Waals surface area (Å²) in [4.78, 5) is 0. The Morgan fingerprint density at radius 1 is 1.12 bits per heavy atom. The highest BCUT2D eigenvalue weighted by Crippen LogP contribution is 2.24. The molecule has 7 nitrogen and oxygen atoms in total. The van der Waals surface area contributed by atoms with E-state index in [-0.39, 0.29) is 29.1 Å². The molecule has 0 heterocycles. The van der Waals surface area contributed by atoms with Crippen molar-refractivity contribution in [2.75, 3.05) is 13.3 Å². The van der Waals surface area contributed by atoms with Crippen molar-refractivity contribution < 1.29 is 25.7 Å². The number of benzene rings is 1. The van der Waals surface area contributed by atoms with Gasteiger partial charge in [0.1, 0.15) is 6.73 Å². The number of phenolic OH excluding ortho intramolecular Hbond substituents is 2. The fourth-order valence-electron chi connectivity index (χ4n) is 0.891. The third-order valence-electron chi connectivity index (χ3n) is 1.60. The van der Waals surface area contributed by atoms with Crippen LogP contribution in [0.3, 0.4) is 0 Å². The number of nitrogens with two attached hydrogens (primary N) is 1. The SMILES string of the molecule is Cl.NCCc1ccc(O)c(O)c1.OCN(O)O. The lowest BCUT2D eigenvalue weighted by Crippen LogP contribution is -2.13. The Hall–Kier alpha value is -1.09. The van der Waals surface area contributed by atoms with Crippen LogP contribution in [0.25, 0.3) is 0 Å². The summed E-state index contributed by atoms with van der Waals surface area (Å²) in [7, 11) is 0. The molecule has 100 valence electrons. The molecular weight excluding hydrogens is 252 g/mol. The van der Waals surface area contributed by atoms with Crippen molar-refractivity contribution in [3.8, 4) is 11.5 Å². The number of rotatable bonds is 3. The monoisotopic (exact) mass is 268 g/mol. The van der Waals surface area contributed by atoms with Crippen LogP contribution in [0, 0.1) is 0 Å². The molecule has 0 unspecified atom stereocenters. The number of aliphatic hydroxyl groups is 1. The zero-order valence-corrected chi connectivity index (χ0v) is 9.84. The van der Waals surface area contributed by atoms with Gasteiger partial charge in [-0.25, -0.2) is 0 Å². The normalized spacial score (nSPS) is 9.24. The molecule has 0 aliphatic carbocycles. The Labute approximate surface area is 105 Å². The fourth-order valence-corrected chi connectivity index (χ4v) is 0.891. The van der Waals surface area contributed by atoms with Crippen LogP contribution in [0.15, 0.2) is 18.2 Å². The van der Waals surface area contributed by atoms with Gasteiger partial charge in [0.2, 0.25) is 0 Å². The van der Waals surface area contributed by atoms with Gasteiger partial charge < -0.3 is 21.1 Å². The average Bonchev–Trinajstić information content (AvgIpc) is 2.25. The van der Waals surface area contributed by atoms with Crippen LogP contribution in [0.5, 0.6) is 11.5 Å². The lowest BCUT2D eigenvalue weighted by atomic mass is 10.1. The van der Waals surface area contributed by atoms with E-state index in [1.54, 1.807) is 6.07 Å². The molecule has 0 radical (unpaired) electrons. The molecule has 0 saturated heterocycles. The first-order valence-corrected chi connectivity index (χ1v) is 4.48. The van der Waals surface area contributed by atoms with Crippen molar-refractivity contribution in [1.29, 1.82) is 0 Å². The van der Waals surface area contributed by atoms with Crippen LogP contribution >= 0.6 is 12.4 Å². The average molecular weight is 269 g/mol. The number of nitrogens with zero attached hydrogens (tertiary/aromatic N) is 1. The zero-order chi connectivity index (χ0) is 12.6. The van der Waals surface area contributed by atoms with Gasteiger partial charge in [0.25, 0.3) is 0 Å². The molecule has 0 saturated carbocycles. The number of hydroxylamine groups is 2. The summed E-state index contributed by atoms with van der Waals surface area (Å²) in [5.41, 5.74) is 6.24. The molecule has 0 spiro atoms. The van der Waals surface area contributed by atoms with Crippen LogP contribution in [0.1, 0.15) is 5.56 Å². The minimum atomic E-state index is -0.750. The van der Waals surface area contributed by atoms with Gasteiger partial charge in [0, 0.05) is 0 Å². The van der Waals surface area contributed by atoms with Crippen LogP contribution in [0.2, 0.25) is 0 Å². The van der Waals surface area contributed by atoms with E-state index in [9.17, 15) is 0 Å². The summed E-state index contributed by atoms with van der Waals surface area (Å²) < 4.78 is 0. The minimum absolute atomic E-state index is 0. The Balaban J connectivity index is 0. The van der Waals surface area contributed by atoms with E-state index in [0.29, 0.717) is 13.0 Å². The molecule has 0 aromatic heterocycles. The Bertz CT molecular complexity index is 311. The van der Waals surface area contributed by atoms with Crippen molar-refractivity contribution in [2.45, 2.75) is 6.42 Å². The van der Waals surface area contributed by atoms with Crippen LogP contribution in [-0.4, -0.2) is 44.2 Å². The number of aliphatic hydroxyl groups excluding tert-OH is 1. The summed E-state index contributed by atoms with van der Waals surface area (Å²) in [6.07, 6.45) is 0.716. The largest absolute Gasteiger partial charge is 0.504 e. The van der Waals surface area contributed by atoms with Crippen molar-refractivity contribution >= 4 is 12.4 Å². The van der Waals surface area contributed by atoms with E-state index in [1.165, 1.54) is 12.1 Å². The van der Waals surface area contributed by atoms with Gasteiger partial charge in [-0.1, -0.05) is 6.07 Å². The van der Waals surface area contributed by atoms with E-state index >= 15 is 0 Å². The van der Waals surface area contributed by atoms with Crippen molar-refractivity contribution in [1.82, 2.24) is 5.23 Å². The molecular formula is C9H17ClN2O5. The molecule has 8 heteroatoms. The molecule has 0 fully saturated rings. The van der Waals surface area contributed by atoms with Crippen LogP contribution < -0.4 is 5.73 Å². The highest BCUT2D eigenvalue weighted by Gasteiger charge is 1.98. The number of hydrogen-bond donors (Lipinski definition) is 6. The molecule has 1 rings (SSSR count). The standard InChI is InChI=1S/C8H11NO2.CH5NO3.ClH/c9-4-3-6-1-2-7(10)8(11)5-6;3-1-2(4)5;/h1-2,5,10-11H,3-4,9H2;3-5H,1H2;1H. The molecule has 0 amide bonds. The molecule has 0 bridgehead atoms. The summed E-state index contributed by atoms with van der Waals surface area (Å²) in [5, 5.41) is 40.2. The van der Waals surface area contributed by atoms with E-state index in [0.717, 1.165) is 5.56 Å². The Kier molecular flexibility index (Phi) is 10.8. The molecule has 7 N–H and O–H groups in total. The van der Waals surface area contributed by atoms with Gasteiger partial charge in [-0.3, -0.25) is 10.4 Å². The first-order valence-electron chi connectivity index (χ1n) is 4.48. The molecule has 0 atom stereocenters. The van der Waals surface area contributed by atoms with E-state index in [2.05, 4.69) is 0 Å². The van der Waals surface area contributed by atoms with Crippen molar-refractivity contribution in [3.05, 3.63) is 23.8 Å². The van der Waals surface area contributed by atoms with Crippen LogP contribution in [-0.2, 0) is 6.42 Å². The highest BCUT2D eigenvalue weighted by atomic mass is 35.5. The van der Waals surface area contributed by atoms with Gasteiger partial charge in [-0.05, 0) is 35.9 Å². The topological polar surface area (TPSA) is 130 Å². The molecule has 1 aromatic carbocycles. The van der Waals surface area contributed by atoms with E-state index < -0.39 is 6.73 Å². The van der Waals surface area contributed by atoms with Gasteiger partial charge in [-0.15, -0.1) is 12.4 Å². The maximum absolute atomic E-state index is 9.04. The maximum atomic E-state index is 9.04. The number of halogens is 1. The van der Waals surface area contributed by atoms with Crippen molar-refractivity contribution in [2.24, 2.45) is 5.73 Å². The zero-order valence-electron chi connectivity index (χ0n) is 9.02. The number of aromatic hydroxyl groups is 2. The molecule has 17 heavy (non-hydrogen) atoms. The molecule has 0 aliphatic heterocycles. The van der Waals surface area contributed by atoms with Gasteiger partial charge in [0.05, 0.1) is 0 Å². The summed E-state index contributed by atoms with van der Waals surface area (Å²) in [6.45, 7) is -0.204. The predicted octanol–water partition coefficient (Wildman–Crippen LogP) is 0.0374. The summed E-state index contributed by atoms with van der Waals surface area (Å²) in [5.74, 6) is -0.179. The first kappa shape index (κ1) is 18.3. The smallest absolute Gasteiger partial charge is 0.157 e. The second kappa shape index (κ2) is 10.1. The van der Waals surface area contributed by atoms with Gasteiger partial charge >= 0.3 is 0 Å². The van der Waals surface area contributed by atoms with Crippen LogP contribution in [0.4, 0.5) is 0 Å². The maximum Gasteiger partial charge on any atom is 0.157 e. The summed E-state index contributed by atoms with van der Waals surface area (Å²) in [6, 6.07) is 4.71. The Morgan fingerprint density at radius 2 is 1.65 bits per heavy atom. The van der Waals surface area contributed by atoms with E-state index in [1.807, 2.05) is 0 Å². The third kappa shape index (κ3) is 8.69. The third-order valence-corrected chi connectivity index (χ3v) is 1.60. The predicted molar refractivity (Wildman–Crippen MR) is 62.3 cm³/mol. The van der Waals surface area contributed by atoms with Crippen molar-refractivity contribution in [3.63, 3.8) is 0 Å². The van der Waals surface area contributed by atoms with Gasteiger partial charge in [0.15, 0.2) is 11.5 Å². The lowest BCUT2D eigenvalue weighted by molar-refractivity contribution is -0.335. The lowest BCUT2D eigenvalue weighted by Gasteiger charge is -2.00.